The summed E-state index contributed by atoms with van der Waals surface area (Å²) >= 11 is 0. The summed E-state index contributed by atoms with van der Waals surface area (Å²) in [5.41, 5.74) is 0.777. The fourth-order valence-corrected chi connectivity index (χ4v) is 6.22. The van der Waals surface area contributed by atoms with Crippen LogP contribution >= 0.6 is 0 Å². The van der Waals surface area contributed by atoms with E-state index in [1.807, 2.05) is 0 Å². The summed E-state index contributed by atoms with van der Waals surface area (Å²) in [6.45, 7) is 2.63. The normalized spacial score (nSPS) is 34.3. The Morgan fingerprint density at radius 2 is 1.05 bits per heavy atom. The fourth-order valence-electron chi connectivity index (χ4n) is 6.22. The van der Waals surface area contributed by atoms with Crippen LogP contribution in [0.4, 0.5) is 0 Å². The largest absolute Gasteiger partial charge is 0.0620 e. The van der Waals surface area contributed by atoms with Crippen LogP contribution in [0.15, 0.2) is 0 Å². The quantitative estimate of drug-likeness (QED) is 0.544. The molecule has 0 amide bonds. The Bertz CT molecular complexity index is 250. The monoisotopic (exact) mass is 262 g/mol. The van der Waals surface area contributed by atoms with E-state index in [0.717, 1.165) is 23.2 Å². The lowest BCUT2D eigenvalue weighted by Crippen LogP contribution is -2.46. The van der Waals surface area contributed by atoms with E-state index in [9.17, 15) is 0 Å². The molecule has 3 saturated carbocycles. The zero-order valence-electron chi connectivity index (χ0n) is 13.1. The summed E-state index contributed by atoms with van der Waals surface area (Å²) in [7, 11) is 0. The van der Waals surface area contributed by atoms with Gasteiger partial charge >= 0.3 is 0 Å². The van der Waals surface area contributed by atoms with Crippen molar-refractivity contribution in [2.45, 2.75) is 96.8 Å². The molecule has 110 valence electrons. The Balaban J connectivity index is 1.84. The van der Waals surface area contributed by atoms with Gasteiger partial charge in [-0.15, -0.1) is 0 Å². The molecule has 19 heavy (non-hydrogen) atoms. The zero-order valence-corrected chi connectivity index (χ0v) is 13.1. The van der Waals surface area contributed by atoms with Gasteiger partial charge in [0.15, 0.2) is 0 Å². The van der Waals surface area contributed by atoms with Crippen molar-refractivity contribution < 1.29 is 0 Å². The topological polar surface area (TPSA) is 0 Å². The molecule has 3 fully saturated rings. The summed E-state index contributed by atoms with van der Waals surface area (Å²) in [5.74, 6) is 3.21. The molecule has 0 saturated heterocycles. The molecule has 0 heteroatoms. The highest BCUT2D eigenvalue weighted by Crippen LogP contribution is 2.58. The van der Waals surface area contributed by atoms with Gasteiger partial charge in [0.2, 0.25) is 0 Å². The van der Waals surface area contributed by atoms with Gasteiger partial charge in [0.25, 0.3) is 0 Å². The fraction of sp³-hybridized carbons (Fsp3) is 1.00. The minimum atomic E-state index is 0.777. The third kappa shape index (κ3) is 2.61. The van der Waals surface area contributed by atoms with Crippen molar-refractivity contribution in [1.29, 1.82) is 0 Å². The van der Waals surface area contributed by atoms with Gasteiger partial charge in [-0.1, -0.05) is 64.7 Å². The summed E-state index contributed by atoms with van der Waals surface area (Å²) in [6, 6.07) is 0. The molecular formula is C19H34. The van der Waals surface area contributed by atoms with E-state index in [-0.39, 0.29) is 0 Å². The second kappa shape index (κ2) is 6.19. The summed E-state index contributed by atoms with van der Waals surface area (Å²) in [6.07, 6.45) is 21.6. The number of hydrogen-bond donors (Lipinski definition) is 0. The lowest BCUT2D eigenvalue weighted by Gasteiger charge is -2.55. The molecule has 0 heterocycles. The van der Waals surface area contributed by atoms with Gasteiger partial charge in [-0.25, -0.2) is 0 Å². The van der Waals surface area contributed by atoms with Crippen molar-refractivity contribution in [1.82, 2.24) is 0 Å². The highest BCUT2D eigenvalue weighted by molar-refractivity contribution is 4.99. The van der Waals surface area contributed by atoms with Gasteiger partial charge in [0.05, 0.1) is 0 Å². The van der Waals surface area contributed by atoms with Crippen LogP contribution in [0.3, 0.4) is 0 Å². The van der Waals surface area contributed by atoms with Crippen molar-refractivity contribution in [3.63, 3.8) is 0 Å². The molecule has 1 atom stereocenters. The molecule has 0 bridgehead atoms. The van der Waals surface area contributed by atoms with Crippen LogP contribution in [0.1, 0.15) is 96.8 Å². The number of rotatable bonds is 2. The molecule has 0 nitrogen and oxygen atoms in total. The van der Waals surface area contributed by atoms with E-state index in [1.54, 1.807) is 32.1 Å². The molecule has 3 aliphatic rings. The van der Waals surface area contributed by atoms with Crippen molar-refractivity contribution in [2.24, 2.45) is 23.2 Å². The van der Waals surface area contributed by atoms with Gasteiger partial charge in [0.1, 0.15) is 0 Å². The van der Waals surface area contributed by atoms with E-state index >= 15 is 0 Å². The Morgan fingerprint density at radius 1 is 0.579 bits per heavy atom. The molecule has 0 N–H and O–H groups in total. The summed E-state index contributed by atoms with van der Waals surface area (Å²) in [5, 5.41) is 0. The van der Waals surface area contributed by atoms with Crippen LogP contribution in [0.5, 0.6) is 0 Å². The molecule has 0 aromatic heterocycles. The van der Waals surface area contributed by atoms with Crippen LogP contribution in [-0.4, -0.2) is 0 Å². The average Bonchev–Trinajstić information content (AvgIpc) is 2.50. The average molecular weight is 262 g/mol. The molecular weight excluding hydrogens is 228 g/mol. The highest BCUT2D eigenvalue weighted by Gasteiger charge is 2.49. The maximum atomic E-state index is 2.63. The molecule has 0 radical (unpaired) electrons. The predicted octanol–water partition coefficient (Wildman–Crippen LogP) is 6.34. The minimum absolute atomic E-state index is 0.777. The first-order chi connectivity index (χ1) is 9.34. The molecule has 0 aromatic rings. The molecule has 0 aliphatic heterocycles. The SMILES string of the molecule is CC1CCCCC1(C1CCCCC1)C1CCCCC1. The minimum Gasteiger partial charge on any atom is -0.0620 e. The summed E-state index contributed by atoms with van der Waals surface area (Å²) < 4.78 is 0. The molecule has 0 aromatic carbocycles. The van der Waals surface area contributed by atoms with E-state index in [2.05, 4.69) is 6.92 Å². The lowest BCUT2D eigenvalue weighted by molar-refractivity contribution is -0.0562. The van der Waals surface area contributed by atoms with Crippen molar-refractivity contribution in [2.75, 3.05) is 0 Å². The Kier molecular flexibility index (Phi) is 4.54. The third-order valence-electron chi connectivity index (χ3n) is 7.14. The van der Waals surface area contributed by atoms with Crippen molar-refractivity contribution in [3.05, 3.63) is 0 Å². The van der Waals surface area contributed by atoms with Gasteiger partial charge in [-0.3, -0.25) is 0 Å². The van der Waals surface area contributed by atoms with Crippen LogP contribution < -0.4 is 0 Å². The maximum absolute atomic E-state index is 2.63. The standard InChI is InChI=1S/C19H34/c1-16-10-8-9-15-19(16,17-11-4-2-5-12-17)18-13-6-3-7-14-18/h16-18H,2-15H2,1H3. The first-order valence-electron chi connectivity index (χ1n) is 9.34. The molecule has 0 spiro atoms. The third-order valence-corrected chi connectivity index (χ3v) is 7.14. The first kappa shape index (κ1) is 14.0. The molecule has 1 unspecified atom stereocenters. The van der Waals surface area contributed by atoms with E-state index in [4.69, 9.17) is 0 Å². The first-order valence-corrected chi connectivity index (χ1v) is 9.34. The predicted molar refractivity (Wildman–Crippen MR) is 83.2 cm³/mol. The lowest BCUT2D eigenvalue weighted by atomic mass is 9.50. The van der Waals surface area contributed by atoms with E-state index in [1.165, 1.54) is 57.8 Å². The smallest absolute Gasteiger partial charge is 0.0215 e. The number of hydrogen-bond acceptors (Lipinski definition) is 0. The van der Waals surface area contributed by atoms with Crippen LogP contribution in [0.25, 0.3) is 0 Å². The highest BCUT2D eigenvalue weighted by atomic mass is 14.5. The van der Waals surface area contributed by atoms with Gasteiger partial charge < -0.3 is 0 Å². The zero-order chi connectivity index (χ0) is 13.1. The second-order valence-corrected chi connectivity index (χ2v) is 7.93. The second-order valence-electron chi connectivity index (χ2n) is 7.93. The van der Waals surface area contributed by atoms with E-state index in [0.29, 0.717) is 0 Å². The Hall–Kier alpha value is 0. The maximum Gasteiger partial charge on any atom is -0.0215 e. The van der Waals surface area contributed by atoms with Crippen molar-refractivity contribution in [3.8, 4) is 0 Å². The van der Waals surface area contributed by atoms with Crippen molar-refractivity contribution >= 4 is 0 Å². The molecule has 3 aliphatic carbocycles. The Morgan fingerprint density at radius 3 is 1.53 bits per heavy atom. The van der Waals surface area contributed by atoms with Crippen LogP contribution in [-0.2, 0) is 0 Å². The van der Waals surface area contributed by atoms with Gasteiger partial charge in [0, 0.05) is 0 Å². The van der Waals surface area contributed by atoms with Gasteiger partial charge in [-0.2, -0.15) is 0 Å². The summed E-state index contributed by atoms with van der Waals surface area (Å²) in [4.78, 5) is 0. The van der Waals surface area contributed by atoms with E-state index < -0.39 is 0 Å². The Labute approximate surface area is 120 Å². The van der Waals surface area contributed by atoms with Crippen LogP contribution in [0.2, 0.25) is 0 Å². The molecule has 3 rings (SSSR count). The van der Waals surface area contributed by atoms with Gasteiger partial charge in [-0.05, 0) is 55.3 Å². The van der Waals surface area contributed by atoms with Crippen LogP contribution in [0, 0.1) is 23.2 Å².